The van der Waals surface area contributed by atoms with Crippen molar-refractivity contribution in [1.29, 1.82) is 0 Å². The van der Waals surface area contributed by atoms with Crippen LogP contribution in [-0.4, -0.2) is 56.4 Å². The standard InChI is InChI=1S/C20H24F3N7OS/c1-10-7-26-14(11(2)16(10)31-3)8-30-17-15-13(29-30)6-12(25-5-4-20(21,22)23)9-32-18(15)28-19(24)27-17/h7,12,25H,4-6,8-9H2,1-3H3,(H2,24,27,28). The Morgan fingerprint density at radius 2 is 2.09 bits per heavy atom. The van der Waals surface area contributed by atoms with Crippen LogP contribution in [0.15, 0.2) is 11.2 Å². The number of aryl methyl sites for hydroxylation is 1. The van der Waals surface area contributed by atoms with Crippen molar-refractivity contribution in [3.8, 4) is 5.75 Å². The number of nitrogens with zero attached hydrogens (tertiary/aromatic N) is 5. The molecule has 3 aromatic heterocycles. The second kappa shape index (κ2) is 8.74. The lowest BCUT2D eigenvalue weighted by atomic mass is 10.1. The molecule has 3 aromatic rings. The van der Waals surface area contributed by atoms with Crippen molar-refractivity contribution in [3.63, 3.8) is 0 Å². The van der Waals surface area contributed by atoms with E-state index in [9.17, 15) is 13.2 Å². The Hall–Kier alpha value is -2.60. The summed E-state index contributed by atoms with van der Waals surface area (Å²) in [5.74, 6) is 1.46. The number of hydrogen-bond donors (Lipinski definition) is 2. The van der Waals surface area contributed by atoms with Gasteiger partial charge in [-0.1, -0.05) is 0 Å². The van der Waals surface area contributed by atoms with Gasteiger partial charge >= 0.3 is 6.18 Å². The fraction of sp³-hybridized carbons (Fsp3) is 0.500. The summed E-state index contributed by atoms with van der Waals surface area (Å²) in [5.41, 5.74) is 9.91. The number of ether oxygens (including phenoxy) is 1. The van der Waals surface area contributed by atoms with Gasteiger partial charge < -0.3 is 15.8 Å². The van der Waals surface area contributed by atoms with E-state index in [1.807, 2.05) is 13.8 Å². The van der Waals surface area contributed by atoms with E-state index >= 15 is 0 Å². The molecule has 0 spiro atoms. The van der Waals surface area contributed by atoms with Crippen molar-refractivity contribution in [2.24, 2.45) is 0 Å². The molecule has 1 atom stereocenters. The highest BCUT2D eigenvalue weighted by molar-refractivity contribution is 7.99. The Morgan fingerprint density at radius 1 is 1.31 bits per heavy atom. The summed E-state index contributed by atoms with van der Waals surface area (Å²) in [5, 5.41) is 9.23. The van der Waals surface area contributed by atoms with Crippen molar-refractivity contribution < 1.29 is 17.9 Å². The largest absolute Gasteiger partial charge is 0.496 e. The highest BCUT2D eigenvalue weighted by atomic mass is 32.2. The SMILES string of the molecule is COc1c(C)cnc(Cn2nc3c4c(nc(N)nc42)SCC(NCCC(F)(F)F)C3)c1C. The summed E-state index contributed by atoms with van der Waals surface area (Å²) in [6.07, 6.45) is -2.85. The smallest absolute Gasteiger partial charge is 0.390 e. The van der Waals surface area contributed by atoms with Crippen LogP contribution in [0.1, 0.15) is 28.9 Å². The first-order chi connectivity index (χ1) is 15.2. The topological polar surface area (TPSA) is 104 Å². The van der Waals surface area contributed by atoms with Crippen LogP contribution in [0.4, 0.5) is 19.1 Å². The number of anilines is 1. The summed E-state index contributed by atoms with van der Waals surface area (Å²) in [4.78, 5) is 13.3. The van der Waals surface area contributed by atoms with Gasteiger partial charge in [0.2, 0.25) is 5.95 Å². The Balaban J connectivity index is 1.66. The summed E-state index contributed by atoms with van der Waals surface area (Å²) in [6.45, 7) is 4.08. The van der Waals surface area contributed by atoms with Crippen LogP contribution < -0.4 is 15.8 Å². The van der Waals surface area contributed by atoms with Gasteiger partial charge in [-0.05, 0) is 13.8 Å². The number of nitrogen functional groups attached to an aromatic ring is 1. The number of pyridine rings is 1. The molecular formula is C20H24F3N7OS. The minimum atomic E-state index is -4.19. The number of alkyl halides is 3. The van der Waals surface area contributed by atoms with E-state index < -0.39 is 12.6 Å². The quantitative estimate of drug-likeness (QED) is 0.533. The van der Waals surface area contributed by atoms with Crippen LogP contribution in [-0.2, 0) is 13.0 Å². The van der Waals surface area contributed by atoms with Gasteiger partial charge in [0.1, 0.15) is 10.8 Å². The van der Waals surface area contributed by atoms with E-state index in [4.69, 9.17) is 15.6 Å². The van der Waals surface area contributed by atoms with Gasteiger partial charge in [-0.25, -0.2) is 9.67 Å². The molecule has 3 N–H and O–H groups in total. The van der Waals surface area contributed by atoms with Crippen LogP contribution in [0, 0.1) is 13.8 Å². The van der Waals surface area contributed by atoms with Crippen LogP contribution in [0.3, 0.4) is 0 Å². The number of methoxy groups -OCH3 is 1. The zero-order valence-corrected chi connectivity index (χ0v) is 18.8. The third-order valence-corrected chi connectivity index (χ3v) is 6.54. The molecule has 1 aliphatic heterocycles. The van der Waals surface area contributed by atoms with E-state index in [0.29, 0.717) is 29.4 Å². The lowest BCUT2D eigenvalue weighted by Gasteiger charge is -2.16. The van der Waals surface area contributed by atoms with Crippen LogP contribution >= 0.6 is 11.8 Å². The van der Waals surface area contributed by atoms with Crippen LogP contribution in [0.25, 0.3) is 11.0 Å². The molecule has 0 radical (unpaired) electrons. The van der Waals surface area contributed by atoms with Crippen LogP contribution in [0.2, 0.25) is 0 Å². The predicted molar refractivity (Wildman–Crippen MR) is 116 cm³/mol. The first-order valence-corrected chi connectivity index (χ1v) is 11.1. The molecule has 1 aliphatic rings. The number of aromatic nitrogens is 5. The van der Waals surface area contributed by atoms with E-state index in [2.05, 4.69) is 20.3 Å². The maximum Gasteiger partial charge on any atom is 0.390 e. The molecule has 0 fully saturated rings. The van der Waals surface area contributed by atoms with Crippen molar-refractivity contribution in [1.82, 2.24) is 30.0 Å². The zero-order chi connectivity index (χ0) is 23.0. The number of hydrogen-bond acceptors (Lipinski definition) is 8. The monoisotopic (exact) mass is 467 g/mol. The molecule has 0 saturated carbocycles. The summed E-state index contributed by atoms with van der Waals surface area (Å²) in [7, 11) is 1.62. The van der Waals surface area contributed by atoms with E-state index in [1.165, 1.54) is 11.8 Å². The molecule has 0 saturated heterocycles. The van der Waals surface area contributed by atoms with Crippen LogP contribution in [0.5, 0.6) is 5.75 Å². The summed E-state index contributed by atoms with van der Waals surface area (Å²) >= 11 is 1.45. The lowest BCUT2D eigenvalue weighted by molar-refractivity contribution is -0.133. The van der Waals surface area contributed by atoms with E-state index in [0.717, 1.165) is 33.7 Å². The Morgan fingerprint density at radius 3 is 2.81 bits per heavy atom. The minimum absolute atomic E-state index is 0.127. The number of halogens is 3. The molecule has 32 heavy (non-hydrogen) atoms. The number of rotatable bonds is 6. The first kappa shape index (κ1) is 22.6. The molecule has 4 rings (SSSR count). The molecule has 1 unspecified atom stereocenters. The average Bonchev–Trinajstić information content (AvgIpc) is 2.94. The molecule has 8 nitrogen and oxygen atoms in total. The maximum atomic E-state index is 12.5. The van der Waals surface area contributed by atoms with Gasteiger partial charge in [0.25, 0.3) is 0 Å². The van der Waals surface area contributed by atoms with Gasteiger partial charge in [0, 0.05) is 42.1 Å². The minimum Gasteiger partial charge on any atom is -0.496 e. The molecule has 0 aliphatic carbocycles. The average molecular weight is 468 g/mol. The van der Waals surface area contributed by atoms with Gasteiger partial charge in [-0.3, -0.25) is 4.98 Å². The second-order valence-electron chi connectivity index (χ2n) is 7.77. The van der Waals surface area contributed by atoms with Crippen molar-refractivity contribution in [2.45, 2.75) is 50.5 Å². The Labute approximate surface area is 187 Å². The number of nitrogens with two attached hydrogens (primary N) is 1. The van der Waals surface area contributed by atoms with E-state index in [1.54, 1.807) is 18.0 Å². The molecule has 12 heteroatoms. The third-order valence-electron chi connectivity index (χ3n) is 5.40. The fourth-order valence-electron chi connectivity index (χ4n) is 3.88. The number of thioether (sulfide) groups is 1. The van der Waals surface area contributed by atoms with Crippen molar-refractivity contribution in [2.75, 3.05) is 25.1 Å². The zero-order valence-electron chi connectivity index (χ0n) is 18.0. The maximum absolute atomic E-state index is 12.5. The molecule has 4 heterocycles. The third kappa shape index (κ3) is 4.60. The molecule has 0 aromatic carbocycles. The molecule has 172 valence electrons. The van der Waals surface area contributed by atoms with Gasteiger partial charge in [0.05, 0.1) is 36.8 Å². The van der Waals surface area contributed by atoms with Crippen molar-refractivity contribution in [3.05, 3.63) is 28.7 Å². The Bertz CT molecular complexity index is 1150. The second-order valence-corrected chi connectivity index (χ2v) is 8.78. The highest BCUT2D eigenvalue weighted by Gasteiger charge is 2.29. The Kier molecular flexibility index (Phi) is 6.17. The molecular weight excluding hydrogens is 443 g/mol. The predicted octanol–water partition coefficient (Wildman–Crippen LogP) is 3.04. The highest BCUT2D eigenvalue weighted by Crippen LogP contribution is 2.34. The number of nitrogens with one attached hydrogen (secondary N) is 1. The molecule has 0 bridgehead atoms. The van der Waals surface area contributed by atoms with Gasteiger partial charge in [-0.15, -0.1) is 11.8 Å². The summed E-state index contributed by atoms with van der Waals surface area (Å²) < 4.78 is 44.9. The van der Waals surface area contributed by atoms with Gasteiger partial charge in [0.15, 0.2) is 5.65 Å². The normalized spacial score (nSPS) is 16.4. The first-order valence-electron chi connectivity index (χ1n) is 10.1. The lowest BCUT2D eigenvalue weighted by Crippen LogP contribution is -2.35. The van der Waals surface area contributed by atoms with E-state index in [-0.39, 0.29) is 18.5 Å². The summed E-state index contributed by atoms with van der Waals surface area (Å²) in [6, 6.07) is -0.177. The van der Waals surface area contributed by atoms with Gasteiger partial charge in [-0.2, -0.15) is 23.3 Å². The fourth-order valence-corrected chi connectivity index (χ4v) is 4.98. The van der Waals surface area contributed by atoms with Crippen molar-refractivity contribution >= 4 is 28.7 Å². The molecule has 0 amide bonds.